The number of aliphatic hydroxyl groups is 1. The molecule has 0 aliphatic carbocycles. The summed E-state index contributed by atoms with van der Waals surface area (Å²) in [4.78, 5) is 21.2. The number of nitrogens with zero attached hydrogens (tertiary/aromatic N) is 2. The second-order valence-corrected chi connectivity index (χ2v) is 12.5. The molecule has 0 radical (unpaired) electrons. The van der Waals surface area contributed by atoms with Crippen LogP contribution in [0.1, 0.15) is 51.9 Å². The maximum Gasteiger partial charge on any atom is 0.253 e. The number of carbonyl (C=O) groups is 1. The number of amides is 1. The minimum Gasteiger partial charge on any atom is -0.392 e. The van der Waals surface area contributed by atoms with Crippen molar-refractivity contribution in [3.05, 3.63) is 125 Å². The van der Waals surface area contributed by atoms with Gasteiger partial charge in [0.2, 0.25) is 0 Å². The van der Waals surface area contributed by atoms with Crippen molar-refractivity contribution in [1.29, 1.82) is 0 Å². The molecule has 1 amide bonds. The number of benzene rings is 3. The van der Waals surface area contributed by atoms with Crippen LogP contribution in [0.4, 0.5) is 0 Å². The van der Waals surface area contributed by atoms with Crippen LogP contribution in [0, 0.1) is 5.92 Å². The van der Waals surface area contributed by atoms with Crippen LogP contribution in [0.15, 0.2) is 102 Å². The van der Waals surface area contributed by atoms with Crippen LogP contribution in [0.3, 0.4) is 0 Å². The molecule has 7 nitrogen and oxygen atoms in total. The van der Waals surface area contributed by atoms with Gasteiger partial charge >= 0.3 is 0 Å². The smallest absolute Gasteiger partial charge is 0.253 e. The summed E-state index contributed by atoms with van der Waals surface area (Å²) in [6.07, 6.45) is 2.38. The van der Waals surface area contributed by atoms with E-state index in [0.29, 0.717) is 12.1 Å². The lowest BCUT2D eigenvalue weighted by molar-refractivity contribution is -0.268. The van der Waals surface area contributed by atoms with Crippen molar-refractivity contribution >= 4 is 39.2 Å². The molecule has 3 aromatic carbocycles. The average Bonchev–Trinajstić information content (AvgIpc) is 3.47. The van der Waals surface area contributed by atoms with Crippen molar-refractivity contribution in [2.75, 3.05) is 5.75 Å². The summed E-state index contributed by atoms with van der Waals surface area (Å²) in [6.45, 7) is 2.57. The zero-order chi connectivity index (χ0) is 28.9. The highest BCUT2D eigenvalue weighted by Gasteiger charge is 2.38. The van der Waals surface area contributed by atoms with E-state index in [-0.39, 0.29) is 30.6 Å². The second-order valence-electron chi connectivity index (χ2n) is 10.2. The summed E-state index contributed by atoms with van der Waals surface area (Å²) in [5.74, 6) is 0.665. The molecule has 3 heterocycles. The van der Waals surface area contributed by atoms with Gasteiger partial charge in [-0.2, -0.15) is 0 Å². The molecule has 0 bridgehead atoms. The van der Waals surface area contributed by atoms with Crippen LogP contribution in [0.2, 0.25) is 0 Å². The fourth-order valence-electron chi connectivity index (χ4n) is 4.95. The molecule has 4 atom stereocenters. The number of carbonyl (C=O) groups excluding carboxylic acids is 1. The Morgan fingerprint density at radius 2 is 1.71 bits per heavy atom. The maximum atomic E-state index is 12.4. The highest BCUT2D eigenvalue weighted by Crippen LogP contribution is 2.43. The topological polar surface area (TPSA) is 93.6 Å². The number of ether oxygens (including phenoxy) is 2. The largest absolute Gasteiger partial charge is 0.392 e. The molecule has 5 aromatic rings. The Labute approximate surface area is 252 Å². The molecule has 214 valence electrons. The third-order valence-corrected chi connectivity index (χ3v) is 9.67. The van der Waals surface area contributed by atoms with E-state index in [0.717, 1.165) is 37.9 Å². The number of aliphatic hydroxyl groups excluding tert-OH is 1. The van der Waals surface area contributed by atoms with Gasteiger partial charge in [-0.1, -0.05) is 79.3 Å². The van der Waals surface area contributed by atoms with Gasteiger partial charge < -0.3 is 19.9 Å². The van der Waals surface area contributed by atoms with Gasteiger partial charge in [0, 0.05) is 36.2 Å². The third kappa shape index (κ3) is 6.56. The Morgan fingerprint density at radius 1 is 0.952 bits per heavy atom. The molecule has 2 aromatic heterocycles. The Morgan fingerprint density at radius 3 is 2.45 bits per heavy atom. The van der Waals surface area contributed by atoms with Crippen molar-refractivity contribution in [1.82, 2.24) is 15.3 Å². The average molecular weight is 598 g/mol. The third-order valence-electron chi connectivity index (χ3n) is 7.40. The number of hydrogen-bond acceptors (Lipinski definition) is 8. The summed E-state index contributed by atoms with van der Waals surface area (Å²) >= 11 is 3.42. The predicted molar refractivity (Wildman–Crippen MR) is 165 cm³/mol. The molecule has 1 fully saturated rings. The van der Waals surface area contributed by atoms with Crippen LogP contribution < -0.4 is 5.32 Å². The van der Waals surface area contributed by atoms with E-state index in [4.69, 9.17) is 14.5 Å². The fourth-order valence-corrected chi connectivity index (χ4v) is 7.21. The van der Waals surface area contributed by atoms with Crippen molar-refractivity contribution in [3.8, 4) is 0 Å². The Hall–Kier alpha value is -3.60. The van der Waals surface area contributed by atoms with E-state index in [1.165, 1.54) is 4.70 Å². The Balaban J connectivity index is 1.18. The molecule has 0 saturated carbocycles. The van der Waals surface area contributed by atoms with Gasteiger partial charge in [0.1, 0.15) is 0 Å². The molecule has 42 heavy (non-hydrogen) atoms. The normalized spacial score (nSPS) is 20.4. The molecule has 1 saturated heterocycles. The van der Waals surface area contributed by atoms with Gasteiger partial charge in [0.15, 0.2) is 10.6 Å². The molecule has 9 heteroatoms. The lowest BCUT2D eigenvalue weighted by Crippen LogP contribution is -2.38. The molecule has 6 rings (SSSR count). The minimum atomic E-state index is -0.552. The van der Waals surface area contributed by atoms with E-state index in [1.54, 1.807) is 47.6 Å². The lowest BCUT2D eigenvalue weighted by atomic mass is 9.91. The number of aromatic nitrogens is 2. The van der Waals surface area contributed by atoms with Crippen LogP contribution in [0.25, 0.3) is 10.2 Å². The highest BCUT2D eigenvalue weighted by atomic mass is 32.2. The van der Waals surface area contributed by atoms with E-state index < -0.39 is 6.29 Å². The van der Waals surface area contributed by atoms with Gasteiger partial charge in [-0.25, -0.2) is 4.98 Å². The molecule has 0 spiro atoms. The first-order valence-electron chi connectivity index (χ1n) is 13.8. The van der Waals surface area contributed by atoms with Gasteiger partial charge in [-0.15, -0.1) is 11.3 Å². The fraction of sp³-hybridized carbons (Fsp3) is 0.242. The molecule has 1 aliphatic heterocycles. The first-order valence-corrected chi connectivity index (χ1v) is 15.6. The maximum absolute atomic E-state index is 12.4. The Bertz CT molecular complexity index is 1590. The zero-order valence-corrected chi connectivity index (χ0v) is 24.7. The van der Waals surface area contributed by atoms with Crippen LogP contribution in [0.5, 0.6) is 0 Å². The molecular weight excluding hydrogens is 567 g/mol. The van der Waals surface area contributed by atoms with Crippen molar-refractivity contribution in [2.24, 2.45) is 5.92 Å². The number of thioether (sulfide) groups is 1. The number of fused-ring (bicyclic) bond motifs is 1. The number of rotatable bonds is 9. The number of para-hydroxylation sites is 1. The standard InChI is InChI=1S/C33H31N3O4S2/c1-21-28(20-41-33-36-27-6-2-3-7-29(27)42-33)39-32(40-30(21)24-12-10-23(19-37)11-13-24)25-14-8-22(9-15-25)17-35-31(38)26-5-4-16-34-18-26/h2-16,18,21,28,30,32,37H,17,19-20H2,1H3,(H,35,38)/t21-,28+,30+,32+/m1/s1. The predicted octanol–water partition coefficient (Wildman–Crippen LogP) is 6.70. The summed E-state index contributed by atoms with van der Waals surface area (Å²) in [5, 5.41) is 12.5. The lowest BCUT2D eigenvalue weighted by Gasteiger charge is -2.41. The number of thiazole rings is 1. The zero-order valence-electron chi connectivity index (χ0n) is 23.1. The molecule has 1 aliphatic rings. The quantitative estimate of drug-likeness (QED) is 0.183. The number of pyridine rings is 1. The monoisotopic (exact) mass is 597 g/mol. The van der Waals surface area contributed by atoms with Crippen LogP contribution in [-0.4, -0.2) is 32.8 Å². The molecular formula is C33H31N3O4S2. The highest BCUT2D eigenvalue weighted by molar-refractivity contribution is 8.01. The molecule has 2 N–H and O–H groups in total. The summed E-state index contributed by atoms with van der Waals surface area (Å²) < 4.78 is 15.4. The van der Waals surface area contributed by atoms with Crippen molar-refractivity contribution in [2.45, 2.75) is 42.9 Å². The van der Waals surface area contributed by atoms with E-state index in [1.807, 2.05) is 66.7 Å². The number of hydrogen-bond donors (Lipinski definition) is 2. The Kier molecular flexibility index (Phi) is 8.92. The van der Waals surface area contributed by atoms with Gasteiger partial charge in [0.05, 0.1) is 34.6 Å². The first-order chi connectivity index (χ1) is 20.6. The SMILES string of the molecule is C[C@@H]1[C@H](CSc2nc3ccccc3s2)O[C@H](c2ccc(CNC(=O)c3cccnc3)cc2)O[C@@H]1c1ccc(CO)cc1. The van der Waals surface area contributed by atoms with Gasteiger partial charge in [-0.3, -0.25) is 9.78 Å². The van der Waals surface area contributed by atoms with E-state index in [9.17, 15) is 9.90 Å². The van der Waals surface area contributed by atoms with Gasteiger partial charge in [0.25, 0.3) is 5.91 Å². The van der Waals surface area contributed by atoms with E-state index in [2.05, 4.69) is 23.3 Å². The summed E-state index contributed by atoms with van der Waals surface area (Å²) in [6, 6.07) is 27.6. The first kappa shape index (κ1) is 28.5. The van der Waals surface area contributed by atoms with Crippen molar-refractivity contribution in [3.63, 3.8) is 0 Å². The minimum absolute atomic E-state index is 0.00354. The molecule has 0 unspecified atom stereocenters. The van der Waals surface area contributed by atoms with Gasteiger partial charge in [-0.05, 0) is 41.0 Å². The van der Waals surface area contributed by atoms with Crippen molar-refractivity contribution < 1.29 is 19.4 Å². The summed E-state index contributed by atoms with van der Waals surface area (Å²) in [7, 11) is 0. The van der Waals surface area contributed by atoms with Crippen LogP contribution in [-0.2, 0) is 22.6 Å². The second kappa shape index (κ2) is 13.1. The van der Waals surface area contributed by atoms with Crippen LogP contribution >= 0.6 is 23.1 Å². The van der Waals surface area contributed by atoms with E-state index >= 15 is 0 Å². The summed E-state index contributed by atoms with van der Waals surface area (Å²) in [5.41, 5.74) is 5.35. The number of nitrogens with one attached hydrogen (secondary N) is 1.